The lowest BCUT2D eigenvalue weighted by Crippen LogP contribution is -2.28. The van der Waals surface area contributed by atoms with Crippen molar-refractivity contribution < 1.29 is 0 Å². The number of hydrogen-bond acceptors (Lipinski definition) is 1. The van der Waals surface area contributed by atoms with Crippen LogP contribution in [0.5, 0.6) is 0 Å². The van der Waals surface area contributed by atoms with Gasteiger partial charge >= 0.3 is 0 Å². The van der Waals surface area contributed by atoms with E-state index in [2.05, 4.69) is 30.7 Å². The molecule has 0 radical (unpaired) electrons. The predicted molar refractivity (Wildman–Crippen MR) is 50.9 cm³/mol. The van der Waals surface area contributed by atoms with E-state index in [1.54, 1.807) is 0 Å². The van der Waals surface area contributed by atoms with E-state index in [0.717, 1.165) is 0 Å². The van der Waals surface area contributed by atoms with Crippen molar-refractivity contribution in [2.45, 2.75) is 26.7 Å². The molecular formula is C8H19NSi. The average Bonchev–Trinajstić information content (AvgIpc) is 1.90. The van der Waals surface area contributed by atoms with Crippen LogP contribution in [0.25, 0.3) is 0 Å². The van der Waals surface area contributed by atoms with Crippen LogP contribution in [-0.4, -0.2) is 27.3 Å². The minimum absolute atomic E-state index is 0.0891. The molecule has 0 bridgehead atoms. The fourth-order valence-electron chi connectivity index (χ4n) is 1.11. The van der Waals surface area contributed by atoms with Gasteiger partial charge in [-0.25, -0.2) is 0 Å². The van der Waals surface area contributed by atoms with E-state index in [9.17, 15) is 0 Å². The fraction of sp³-hybridized carbons (Fsp3) is 0.750. The van der Waals surface area contributed by atoms with Crippen molar-refractivity contribution in [2.75, 3.05) is 13.1 Å². The average molecular weight is 157 g/mol. The Morgan fingerprint density at radius 1 is 1.30 bits per heavy atom. The van der Waals surface area contributed by atoms with Crippen molar-refractivity contribution in [1.29, 1.82) is 0 Å². The van der Waals surface area contributed by atoms with Gasteiger partial charge in [0.1, 0.15) is 9.68 Å². The highest BCUT2D eigenvalue weighted by Gasteiger charge is 1.97. The molecular weight excluding hydrogens is 138 g/mol. The molecule has 0 saturated heterocycles. The highest BCUT2D eigenvalue weighted by atomic mass is 28.2. The molecule has 10 heavy (non-hydrogen) atoms. The summed E-state index contributed by atoms with van der Waals surface area (Å²) in [7, 11) is -0.0891. The zero-order valence-electron chi connectivity index (χ0n) is 7.27. The molecule has 0 aliphatic heterocycles. The third kappa shape index (κ3) is 4.76. The largest absolute Gasteiger partial charge is 0.325 e. The summed E-state index contributed by atoms with van der Waals surface area (Å²) in [5, 5.41) is 0. The van der Waals surface area contributed by atoms with E-state index in [1.165, 1.54) is 25.9 Å². The first kappa shape index (κ1) is 9.92. The molecule has 0 saturated carbocycles. The van der Waals surface area contributed by atoms with E-state index < -0.39 is 0 Å². The van der Waals surface area contributed by atoms with Crippen molar-refractivity contribution >= 4 is 9.68 Å². The topological polar surface area (TPSA) is 3.24 Å². The fourth-order valence-corrected chi connectivity index (χ4v) is 2.47. The van der Waals surface area contributed by atoms with Gasteiger partial charge in [0, 0.05) is 0 Å². The summed E-state index contributed by atoms with van der Waals surface area (Å²) in [6.45, 7) is 10.8. The Morgan fingerprint density at radius 3 is 2.10 bits per heavy atom. The summed E-state index contributed by atoms with van der Waals surface area (Å²) < 4.78 is 2.56. The quantitative estimate of drug-likeness (QED) is 0.526. The van der Waals surface area contributed by atoms with Crippen molar-refractivity contribution in [3.05, 3.63) is 12.3 Å². The Labute approximate surface area is 67.0 Å². The lowest BCUT2D eigenvalue weighted by molar-refractivity contribution is 0.444. The Hall–Kier alpha value is -0.0831. The van der Waals surface area contributed by atoms with Crippen molar-refractivity contribution in [2.24, 2.45) is 0 Å². The van der Waals surface area contributed by atoms with Crippen LogP contribution in [-0.2, 0) is 0 Å². The van der Waals surface area contributed by atoms with E-state index in [0.29, 0.717) is 0 Å². The monoisotopic (exact) mass is 157 g/mol. The standard InChI is InChI=1S/C8H19NSi/c1-4-7-9(8-5-2)10-6-3/h6H,3-5,7-8,10H2,1-2H3. The lowest BCUT2D eigenvalue weighted by atomic mass is 10.4. The molecule has 0 aliphatic carbocycles. The van der Waals surface area contributed by atoms with Crippen molar-refractivity contribution in [1.82, 2.24) is 4.57 Å². The highest BCUT2D eigenvalue weighted by molar-refractivity contribution is 6.38. The molecule has 0 aromatic heterocycles. The first-order valence-corrected chi connectivity index (χ1v) is 5.63. The molecule has 0 aromatic rings. The SMILES string of the molecule is C=C[SiH2]N(CCC)CCC. The van der Waals surface area contributed by atoms with E-state index in [-0.39, 0.29) is 9.68 Å². The molecule has 0 rings (SSSR count). The van der Waals surface area contributed by atoms with Gasteiger partial charge in [0.2, 0.25) is 0 Å². The highest BCUT2D eigenvalue weighted by Crippen LogP contribution is 1.90. The van der Waals surface area contributed by atoms with Crippen LogP contribution in [0.15, 0.2) is 12.3 Å². The predicted octanol–water partition coefficient (Wildman–Crippen LogP) is 1.34. The summed E-state index contributed by atoms with van der Waals surface area (Å²) in [6.07, 6.45) is 2.56. The van der Waals surface area contributed by atoms with Gasteiger partial charge in [-0.1, -0.05) is 19.5 Å². The van der Waals surface area contributed by atoms with Crippen molar-refractivity contribution in [3.63, 3.8) is 0 Å². The summed E-state index contributed by atoms with van der Waals surface area (Å²) in [4.78, 5) is 0. The van der Waals surface area contributed by atoms with Gasteiger partial charge in [0.15, 0.2) is 0 Å². The van der Waals surface area contributed by atoms with E-state index >= 15 is 0 Å². The summed E-state index contributed by atoms with van der Waals surface area (Å²) >= 11 is 0. The molecule has 2 heteroatoms. The van der Waals surface area contributed by atoms with Gasteiger partial charge in [-0.15, -0.1) is 6.58 Å². The minimum atomic E-state index is -0.0891. The van der Waals surface area contributed by atoms with Crippen molar-refractivity contribution in [3.8, 4) is 0 Å². The minimum Gasteiger partial charge on any atom is -0.325 e. The molecule has 0 unspecified atom stereocenters. The number of nitrogens with zero attached hydrogens (tertiary/aromatic N) is 1. The second-order valence-corrected chi connectivity index (χ2v) is 4.43. The maximum atomic E-state index is 3.79. The first-order chi connectivity index (χ1) is 4.85. The Bertz CT molecular complexity index is 77.3. The zero-order valence-corrected chi connectivity index (χ0v) is 8.68. The smallest absolute Gasteiger partial charge is 0.119 e. The van der Waals surface area contributed by atoms with Gasteiger partial charge in [-0.05, 0) is 25.9 Å². The van der Waals surface area contributed by atoms with Gasteiger partial charge < -0.3 is 4.57 Å². The first-order valence-electron chi connectivity index (χ1n) is 4.18. The van der Waals surface area contributed by atoms with Crippen LogP contribution in [0.1, 0.15) is 26.7 Å². The summed E-state index contributed by atoms with van der Waals surface area (Å²) in [5.41, 5.74) is 2.12. The van der Waals surface area contributed by atoms with E-state index in [1.807, 2.05) is 0 Å². The maximum absolute atomic E-state index is 3.79. The van der Waals surface area contributed by atoms with E-state index in [4.69, 9.17) is 0 Å². The molecule has 1 nitrogen and oxygen atoms in total. The molecule has 0 amide bonds. The molecule has 0 fully saturated rings. The zero-order chi connectivity index (χ0) is 7.82. The van der Waals surface area contributed by atoms with Gasteiger partial charge in [-0.2, -0.15) is 0 Å². The molecule has 60 valence electrons. The summed E-state index contributed by atoms with van der Waals surface area (Å²) in [6, 6.07) is 0. The number of rotatable bonds is 6. The molecule has 0 N–H and O–H groups in total. The molecule has 0 spiro atoms. The van der Waals surface area contributed by atoms with Crippen LogP contribution in [0.2, 0.25) is 0 Å². The molecule has 0 heterocycles. The van der Waals surface area contributed by atoms with Crippen LogP contribution in [0, 0.1) is 0 Å². The lowest BCUT2D eigenvalue weighted by Gasteiger charge is -2.17. The van der Waals surface area contributed by atoms with Gasteiger partial charge in [0.05, 0.1) is 0 Å². The van der Waals surface area contributed by atoms with Crippen LogP contribution in [0.3, 0.4) is 0 Å². The summed E-state index contributed by atoms with van der Waals surface area (Å²) in [5.74, 6) is 0. The van der Waals surface area contributed by atoms with Gasteiger partial charge in [-0.3, -0.25) is 0 Å². The second kappa shape index (κ2) is 7.03. The third-order valence-corrected chi connectivity index (χ3v) is 2.87. The van der Waals surface area contributed by atoms with Gasteiger partial charge in [0.25, 0.3) is 0 Å². The normalized spacial score (nSPS) is 11.5. The third-order valence-electron chi connectivity index (χ3n) is 1.47. The molecule has 0 aromatic carbocycles. The Balaban J connectivity index is 3.38. The number of hydrogen-bond donors (Lipinski definition) is 0. The van der Waals surface area contributed by atoms with Crippen LogP contribution >= 0.6 is 0 Å². The van der Waals surface area contributed by atoms with Crippen LogP contribution < -0.4 is 0 Å². The molecule has 0 atom stereocenters. The Kier molecular flexibility index (Phi) is 6.97. The second-order valence-electron chi connectivity index (χ2n) is 2.59. The maximum Gasteiger partial charge on any atom is 0.119 e. The Morgan fingerprint density at radius 2 is 1.80 bits per heavy atom. The molecule has 0 aliphatic rings. The van der Waals surface area contributed by atoms with Crippen LogP contribution in [0.4, 0.5) is 0 Å².